The van der Waals surface area contributed by atoms with Crippen molar-refractivity contribution in [3.63, 3.8) is 0 Å². The lowest BCUT2D eigenvalue weighted by molar-refractivity contribution is -0.182. The Hall–Kier alpha value is -5.38. The molecule has 11 rings (SSSR count). The van der Waals surface area contributed by atoms with Gasteiger partial charge in [0, 0.05) is 42.8 Å². The molecule has 2 saturated carbocycles. The van der Waals surface area contributed by atoms with Crippen LogP contribution in [0.5, 0.6) is 0 Å². The van der Waals surface area contributed by atoms with E-state index < -0.39 is 0 Å². The molecule has 2 aliphatic carbocycles. The van der Waals surface area contributed by atoms with Crippen molar-refractivity contribution in [1.29, 1.82) is 0 Å². The predicted octanol–water partition coefficient (Wildman–Crippen LogP) is 13.3. The SMILES string of the molecule is CC(C)C(NC(=O)[C@@H]1CCCN1C)C(C)C.CCCON(C)C(=O)[C@@H]1CCCN1C.CC[C@@H](NC(=O)[C@@H]1CCCN1C)C(C)C.CC[C@H](NC(=O)[C@@H]1CCCN1C)C(C)C.CN1CCC[C@H]1C(=O)NC(C)(C)c1ccccc1.CN1CCC[C@H]1C(=O)NC12CCCC1CCC2.C[C@@H](NC(=O)[C@@H]1CCCN1C)C(C)(C)C.C[C@H](NC(=O)[C@@H]1CCCN1C)C(C)(C)C. The largest absolute Gasteiger partial charge is 0.352 e. The van der Waals surface area contributed by atoms with E-state index in [4.69, 9.17) is 4.84 Å². The Morgan fingerprint density at radius 1 is 0.384 bits per heavy atom. The zero-order chi connectivity index (χ0) is 94.0. The summed E-state index contributed by atoms with van der Waals surface area (Å²) in [5.41, 5.74) is 1.28. The Balaban J connectivity index is 0.000000300. The van der Waals surface area contributed by atoms with Crippen LogP contribution >= 0.6 is 0 Å². The zero-order valence-electron chi connectivity index (χ0n) is 85.0. The Labute approximate surface area is 762 Å². The van der Waals surface area contributed by atoms with Gasteiger partial charge in [0.2, 0.25) is 41.4 Å². The van der Waals surface area contributed by atoms with Gasteiger partial charge in [0.15, 0.2) is 0 Å². The van der Waals surface area contributed by atoms with E-state index in [1.807, 2.05) is 74.5 Å². The summed E-state index contributed by atoms with van der Waals surface area (Å²) in [5.74, 6) is 4.37. The van der Waals surface area contributed by atoms with Crippen LogP contribution in [0, 0.1) is 40.4 Å². The molecule has 125 heavy (non-hydrogen) atoms. The first-order valence-electron chi connectivity index (χ1n) is 49.3. The van der Waals surface area contributed by atoms with Crippen LogP contribution in [0.25, 0.3) is 0 Å². The number of carbonyl (C=O) groups excluding carboxylic acids is 8. The molecule has 0 unspecified atom stereocenters. The van der Waals surface area contributed by atoms with Crippen LogP contribution in [0.2, 0.25) is 0 Å². The first kappa shape index (κ1) is 112. The lowest BCUT2D eigenvalue weighted by Gasteiger charge is -2.33. The van der Waals surface area contributed by atoms with Gasteiger partial charge in [0.25, 0.3) is 5.91 Å². The van der Waals surface area contributed by atoms with Crippen molar-refractivity contribution in [3.8, 4) is 0 Å². The van der Waals surface area contributed by atoms with E-state index in [2.05, 4.69) is 234 Å². The molecule has 10 aliphatic rings. The third-order valence-electron chi connectivity index (χ3n) is 29.0. The zero-order valence-corrected chi connectivity index (χ0v) is 85.0. The number of amides is 8. The lowest BCUT2D eigenvalue weighted by atomic mass is 9.88. The molecule has 0 aromatic heterocycles. The lowest BCUT2D eigenvalue weighted by Crippen LogP contribution is -2.53. The van der Waals surface area contributed by atoms with Gasteiger partial charge in [-0.2, -0.15) is 0 Å². The van der Waals surface area contributed by atoms with Gasteiger partial charge in [0.05, 0.1) is 60.5 Å². The van der Waals surface area contributed by atoms with Gasteiger partial charge in [-0.25, -0.2) is 5.06 Å². The molecule has 1 aromatic rings. The summed E-state index contributed by atoms with van der Waals surface area (Å²) >= 11 is 0. The maximum atomic E-state index is 12.4. The maximum absolute atomic E-state index is 12.4. The molecule has 0 radical (unpaired) electrons. The van der Waals surface area contributed by atoms with Gasteiger partial charge < -0.3 is 37.2 Å². The minimum Gasteiger partial charge on any atom is -0.352 e. The van der Waals surface area contributed by atoms with Gasteiger partial charge in [-0.05, 0) is 330 Å². The number of likely N-dealkylation sites (N-methyl/N-ethyl adjacent to an activating group) is 9. The predicted molar refractivity (Wildman–Crippen MR) is 514 cm³/mol. The van der Waals surface area contributed by atoms with Crippen LogP contribution in [-0.2, 0) is 48.7 Å². The Bertz CT molecular complexity index is 3150. The van der Waals surface area contributed by atoms with Crippen molar-refractivity contribution >= 4 is 47.3 Å². The van der Waals surface area contributed by atoms with Crippen molar-refractivity contribution in [3.05, 3.63) is 35.9 Å². The standard InChI is InChI=1S/C15H22N2O.C14H24N2O.C13H26N2O.4C12H24N2O.C10H20N2O2/c1-15(2,12-8-5-4-6-9-12)16-14(18)13-10-7-11-17(13)3;1-16-10-4-7-12(16)13(17)15-14-8-2-5-11(14)6-3-9-14;1-9(2)12(10(3)4)14-13(16)11-7-6-8-15(11)5;2*1-9(12(2,3)4)13-11(15)10-7-6-8-14(10)5;2*1-5-10(9(2)3)13-12(15)11-7-6-8-14(11)4;1-4-8-14-12(3)10(13)9-6-5-7-11(9)2/h4-6,8-9,13H,7,10-11H2,1-3H3,(H,16,18);11-12H,2-10H2,1H3,(H,15,17);9-12H,6-8H2,1-5H3,(H,14,16);2*9-10H,6-8H2,1-5H3,(H,13,15);2*9-11H,5-8H2,1-4H3,(H,13,15);9H,4-8H2,1-3H3/t13-;11?,12-,14?;11-;9-,10+;9-,10-;10-,11+;10-,11-;9-/m00010100/s1. The highest BCUT2D eigenvalue weighted by Crippen LogP contribution is 2.47. The molecule has 0 bridgehead atoms. The van der Waals surface area contributed by atoms with Crippen LogP contribution in [0.15, 0.2) is 30.3 Å². The molecule has 10 fully saturated rings. The fraction of sp³-hybridized carbons (Fsp3) is 0.860. The van der Waals surface area contributed by atoms with Crippen LogP contribution in [0.4, 0.5) is 0 Å². The average Bonchev–Trinajstić information content (AvgIpc) is 1.63. The molecular formula is C100H188N16O9. The van der Waals surface area contributed by atoms with Crippen molar-refractivity contribution in [2.75, 3.05) is 122 Å². The summed E-state index contributed by atoms with van der Waals surface area (Å²) in [6.45, 7) is 53.7. The number of hydrogen-bond donors (Lipinski definition) is 7. The first-order chi connectivity index (χ1) is 58.6. The number of fused-ring (bicyclic) bond motifs is 1. The van der Waals surface area contributed by atoms with Gasteiger partial charge >= 0.3 is 0 Å². The molecule has 1 aromatic carbocycles. The highest BCUT2D eigenvalue weighted by molar-refractivity contribution is 5.86. The third kappa shape index (κ3) is 36.4. The minimum atomic E-state index is -0.318. The van der Waals surface area contributed by atoms with Crippen molar-refractivity contribution in [1.82, 2.24) is 81.5 Å². The van der Waals surface area contributed by atoms with Gasteiger partial charge in [-0.15, -0.1) is 0 Å². The number of carbonyl (C=O) groups is 8. The van der Waals surface area contributed by atoms with Crippen LogP contribution in [0.3, 0.4) is 0 Å². The molecular weight excluding hydrogens is 1570 g/mol. The van der Waals surface area contributed by atoms with Crippen LogP contribution < -0.4 is 37.2 Å². The van der Waals surface area contributed by atoms with Crippen LogP contribution in [-0.4, -0.2) is 298 Å². The quantitative estimate of drug-likeness (QED) is 0.0449. The average molecular weight is 1760 g/mol. The molecule has 722 valence electrons. The maximum Gasteiger partial charge on any atom is 0.263 e. The summed E-state index contributed by atoms with van der Waals surface area (Å²) in [4.78, 5) is 119. The van der Waals surface area contributed by atoms with E-state index in [0.717, 1.165) is 179 Å². The van der Waals surface area contributed by atoms with E-state index in [1.165, 1.54) is 50.0 Å². The number of nitrogens with zero attached hydrogens (tertiary/aromatic N) is 9. The second kappa shape index (κ2) is 54.4. The molecule has 12 atom stereocenters. The Morgan fingerprint density at radius 2 is 0.672 bits per heavy atom. The number of likely N-dealkylation sites (tertiary alicyclic amines) is 8. The van der Waals surface area contributed by atoms with Crippen molar-refractivity contribution < 1.29 is 43.2 Å². The number of nitrogens with one attached hydrogen (secondary N) is 7. The number of benzene rings is 1. The van der Waals surface area contributed by atoms with E-state index in [-0.39, 0.29) is 124 Å². The van der Waals surface area contributed by atoms with E-state index in [1.54, 1.807) is 7.05 Å². The molecule has 25 heteroatoms. The number of hydroxylamine groups is 2. The Morgan fingerprint density at radius 3 is 0.944 bits per heavy atom. The molecule has 7 N–H and O–H groups in total. The second-order valence-corrected chi connectivity index (χ2v) is 42.6. The molecule has 8 amide bonds. The second-order valence-electron chi connectivity index (χ2n) is 42.6. The first-order valence-corrected chi connectivity index (χ1v) is 49.3. The molecule has 8 aliphatic heterocycles. The topological polar surface area (TPSA) is 259 Å². The van der Waals surface area contributed by atoms with Crippen LogP contribution in [0.1, 0.15) is 311 Å². The van der Waals surface area contributed by atoms with E-state index in [0.29, 0.717) is 54.3 Å². The number of rotatable bonds is 25. The molecule has 8 saturated heterocycles. The smallest absolute Gasteiger partial charge is 0.263 e. The monoisotopic (exact) mass is 1760 g/mol. The molecule has 0 spiro atoms. The fourth-order valence-corrected chi connectivity index (χ4v) is 19.3. The summed E-state index contributed by atoms with van der Waals surface area (Å²) in [6, 6.07) is 12.2. The highest BCUT2D eigenvalue weighted by atomic mass is 16.7. The fourth-order valence-electron chi connectivity index (χ4n) is 19.3. The summed E-state index contributed by atoms with van der Waals surface area (Å²) in [5, 5.41) is 23.7. The van der Waals surface area contributed by atoms with Gasteiger partial charge in [-0.1, -0.05) is 161 Å². The normalized spacial score (nSPS) is 26.0. The van der Waals surface area contributed by atoms with Crippen molar-refractivity contribution in [2.45, 2.75) is 396 Å². The van der Waals surface area contributed by atoms with E-state index >= 15 is 0 Å². The molecule has 8 heterocycles. The van der Waals surface area contributed by atoms with Gasteiger partial charge in [0.1, 0.15) is 0 Å². The van der Waals surface area contributed by atoms with Crippen molar-refractivity contribution in [2.24, 2.45) is 40.4 Å². The number of hydrogen-bond acceptors (Lipinski definition) is 17. The van der Waals surface area contributed by atoms with Gasteiger partial charge in [-0.3, -0.25) is 82.4 Å². The summed E-state index contributed by atoms with van der Waals surface area (Å²) < 4.78 is 0. The minimum absolute atomic E-state index is 0.0249. The summed E-state index contributed by atoms with van der Waals surface area (Å²) in [7, 11) is 18.0. The third-order valence-corrected chi connectivity index (χ3v) is 29.0. The summed E-state index contributed by atoms with van der Waals surface area (Å²) in [6.07, 6.45) is 27.8. The Kier molecular flexibility index (Phi) is 48.8. The molecule has 25 nitrogen and oxygen atoms in total. The highest BCUT2D eigenvalue weighted by Gasteiger charge is 2.48. The van der Waals surface area contributed by atoms with E-state index in [9.17, 15) is 38.4 Å².